The molecule has 0 saturated carbocycles. The summed E-state index contributed by atoms with van der Waals surface area (Å²) in [6.45, 7) is 5.28. The predicted octanol–water partition coefficient (Wildman–Crippen LogP) is 1.71. The van der Waals surface area contributed by atoms with Crippen LogP contribution in [0.5, 0.6) is 5.75 Å². The molecular formula is C15H20BrN3O. The average molecular weight is 338 g/mol. The van der Waals surface area contributed by atoms with E-state index in [1.54, 1.807) is 0 Å². The summed E-state index contributed by atoms with van der Waals surface area (Å²) in [5, 5.41) is 2.26. The Labute approximate surface area is 129 Å². The van der Waals surface area contributed by atoms with Gasteiger partial charge in [-0.15, -0.1) is 6.42 Å². The molecule has 1 saturated heterocycles. The van der Waals surface area contributed by atoms with Gasteiger partial charge in [-0.05, 0) is 25.2 Å². The zero-order valence-corrected chi connectivity index (χ0v) is 13.3. The van der Waals surface area contributed by atoms with Crippen molar-refractivity contribution in [3.63, 3.8) is 0 Å². The molecular weight excluding hydrogens is 318 g/mol. The number of terminal acetylenes is 1. The number of ether oxygens (including phenoxy) is 1. The summed E-state index contributed by atoms with van der Waals surface area (Å²) in [7, 11) is 2.15. The number of hydrogen-bond acceptors (Lipinski definition) is 4. The minimum absolute atomic E-state index is 0.295. The number of halogens is 1. The van der Waals surface area contributed by atoms with E-state index >= 15 is 0 Å². The first-order valence-electron chi connectivity index (χ1n) is 6.70. The van der Waals surface area contributed by atoms with E-state index in [0.29, 0.717) is 6.61 Å². The molecule has 1 aliphatic rings. The van der Waals surface area contributed by atoms with Crippen molar-refractivity contribution in [2.45, 2.75) is 6.54 Å². The molecule has 0 radical (unpaired) electrons. The molecule has 0 aromatic heterocycles. The first-order valence-corrected chi connectivity index (χ1v) is 7.50. The Hall–Kier alpha value is -1.06. The van der Waals surface area contributed by atoms with Gasteiger partial charge in [-0.25, -0.2) is 5.01 Å². The molecule has 4 nitrogen and oxygen atoms in total. The van der Waals surface area contributed by atoms with Crippen molar-refractivity contribution in [2.24, 2.45) is 0 Å². The fourth-order valence-corrected chi connectivity index (χ4v) is 2.52. The first-order chi connectivity index (χ1) is 9.69. The Kier molecular flexibility index (Phi) is 5.86. The fourth-order valence-electron chi connectivity index (χ4n) is 2.11. The standard InChI is InChI=1S/C15H20BrN3O/c1-3-10-20-15-5-4-14(16)11-13(15)12-17-19-8-6-18(2)7-9-19/h1,4-5,11,17H,6-10,12H2,2H3. The van der Waals surface area contributed by atoms with Crippen LogP contribution in [-0.4, -0.2) is 49.7 Å². The lowest BCUT2D eigenvalue weighted by Crippen LogP contribution is -2.50. The normalized spacial score (nSPS) is 16.9. The summed E-state index contributed by atoms with van der Waals surface area (Å²) in [4.78, 5) is 2.33. The van der Waals surface area contributed by atoms with E-state index in [1.165, 1.54) is 0 Å². The van der Waals surface area contributed by atoms with Crippen LogP contribution < -0.4 is 10.2 Å². The molecule has 2 rings (SSSR count). The van der Waals surface area contributed by atoms with Crippen molar-refractivity contribution in [3.8, 4) is 18.1 Å². The van der Waals surface area contributed by atoms with Gasteiger partial charge >= 0.3 is 0 Å². The van der Waals surface area contributed by atoms with Crippen molar-refractivity contribution in [1.82, 2.24) is 15.3 Å². The zero-order chi connectivity index (χ0) is 14.4. The molecule has 0 aliphatic carbocycles. The number of hydrogen-bond donors (Lipinski definition) is 1. The lowest BCUT2D eigenvalue weighted by Gasteiger charge is -2.32. The van der Waals surface area contributed by atoms with Crippen LogP contribution in [0.25, 0.3) is 0 Å². The minimum atomic E-state index is 0.295. The Morgan fingerprint density at radius 2 is 2.10 bits per heavy atom. The van der Waals surface area contributed by atoms with Gasteiger partial charge < -0.3 is 9.64 Å². The SMILES string of the molecule is C#CCOc1ccc(Br)cc1CNN1CCN(C)CC1. The number of hydrazine groups is 1. The lowest BCUT2D eigenvalue weighted by atomic mass is 10.2. The maximum Gasteiger partial charge on any atom is 0.148 e. The van der Waals surface area contributed by atoms with E-state index in [-0.39, 0.29) is 0 Å². The topological polar surface area (TPSA) is 27.7 Å². The van der Waals surface area contributed by atoms with Gasteiger partial charge in [0.1, 0.15) is 12.4 Å². The van der Waals surface area contributed by atoms with Gasteiger partial charge in [0.2, 0.25) is 0 Å². The molecule has 0 amide bonds. The van der Waals surface area contributed by atoms with Crippen molar-refractivity contribution in [2.75, 3.05) is 39.8 Å². The monoisotopic (exact) mass is 337 g/mol. The highest BCUT2D eigenvalue weighted by atomic mass is 79.9. The molecule has 0 atom stereocenters. The summed E-state index contributed by atoms with van der Waals surface area (Å²) in [6, 6.07) is 5.97. The average Bonchev–Trinajstić information content (AvgIpc) is 2.46. The summed E-state index contributed by atoms with van der Waals surface area (Å²) < 4.78 is 6.62. The molecule has 1 aliphatic heterocycles. The van der Waals surface area contributed by atoms with Crippen molar-refractivity contribution < 1.29 is 4.74 Å². The number of rotatable bonds is 5. The van der Waals surface area contributed by atoms with Crippen LogP contribution in [0.2, 0.25) is 0 Å². The quantitative estimate of drug-likeness (QED) is 0.828. The van der Waals surface area contributed by atoms with E-state index in [2.05, 4.69) is 50.3 Å². The van der Waals surface area contributed by atoms with Gasteiger partial charge in [0.15, 0.2) is 0 Å². The predicted molar refractivity (Wildman–Crippen MR) is 84.4 cm³/mol. The van der Waals surface area contributed by atoms with Gasteiger partial charge in [0, 0.05) is 42.8 Å². The summed E-state index contributed by atoms with van der Waals surface area (Å²) in [5.41, 5.74) is 4.56. The third-order valence-corrected chi connectivity index (χ3v) is 3.82. The number of benzene rings is 1. The van der Waals surface area contributed by atoms with Crippen molar-refractivity contribution in [1.29, 1.82) is 0 Å². The maximum absolute atomic E-state index is 5.57. The second-order valence-electron chi connectivity index (χ2n) is 4.87. The van der Waals surface area contributed by atoms with Gasteiger partial charge in [-0.2, -0.15) is 0 Å². The molecule has 1 N–H and O–H groups in total. The molecule has 0 unspecified atom stereocenters. The summed E-state index contributed by atoms with van der Waals surface area (Å²) in [6.07, 6.45) is 5.25. The van der Waals surface area contributed by atoms with Crippen LogP contribution in [0.1, 0.15) is 5.56 Å². The van der Waals surface area contributed by atoms with Crippen LogP contribution in [0.4, 0.5) is 0 Å². The van der Waals surface area contributed by atoms with E-state index in [9.17, 15) is 0 Å². The number of piperazine rings is 1. The summed E-state index contributed by atoms with van der Waals surface area (Å²) >= 11 is 3.49. The molecule has 20 heavy (non-hydrogen) atoms. The highest BCUT2D eigenvalue weighted by Crippen LogP contribution is 2.23. The van der Waals surface area contributed by atoms with E-state index < -0.39 is 0 Å². The van der Waals surface area contributed by atoms with Crippen molar-refractivity contribution in [3.05, 3.63) is 28.2 Å². The van der Waals surface area contributed by atoms with Crippen LogP contribution in [-0.2, 0) is 6.54 Å². The third kappa shape index (κ3) is 4.50. The number of nitrogens with zero attached hydrogens (tertiary/aromatic N) is 2. The van der Waals surface area contributed by atoms with E-state index in [1.807, 2.05) is 12.1 Å². The molecule has 108 valence electrons. The Morgan fingerprint density at radius 3 is 2.80 bits per heavy atom. The van der Waals surface area contributed by atoms with Gasteiger partial charge in [0.25, 0.3) is 0 Å². The Morgan fingerprint density at radius 1 is 1.35 bits per heavy atom. The van der Waals surface area contributed by atoms with Crippen LogP contribution >= 0.6 is 15.9 Å². The van der Waals surface area contributed by atoms with Crippen LogP contribution in [0, 0.1) is 12.3 Å². The maximum atomic E-state index is 5.57. The van der Waals surface area contributed by atoms with Crippen LogP contribution in [0.3, 0.4) is 0 Å². The summed E-state index contributed by atoms with van der Waals surface area (Å²) in [5.74, 6) is 3.34. The Balaban J connectivity index is 1.94. The third-order valence-electron chi connectivity index (χ3n) is 3.33. The smallest absolute Gasteiger partial charge is 0.148 e. The molecule has 1 aromatic carbocycles. The van der Waals surface area contributed by atoms with Gasteiger partial charge in [-0.3, -0.25) is 5.43 Å². The van der Waals surface area contributed by atoms with Crippen molar-refractivity contribution >= 4 is 15.9 Å². The minimum Gasteiger partial charge on any atom is -0.481 e. The highest BCUT2D eigenvalue weighted by Gasteiger charge is 2.14. The van der Waals surface area contributed by atoms with Crippen LogP contribution in [0.15, 0.2) is 22.7 Å². The highest BCUT2D eigenvalue weighted by molar-refractivity contribution is 9.10. The molecule has 1 aromatic rings. The lowest BCUT2D eigenvalue weighted by molar-refractivity contribution is 0.102. The number of likely N-dealkylation sites (N-methyl/N-ethyl adjacent to an activating group) is 1. The molecule has 0 spiro atoms. The Bertz CT molecular complexity index is 478. The fraction of sp³-hybridized carbons (Fsp3) is 0.467. The zero-order valence-electron chi connectivity index (χ0n) is 11.7. The number of nitrogens with one attached hydrogen (secondary N) is 1. The van der Waals surface area contributed by atoms with E-state index in [0.717, 1.165) is 48.5 Å². The van der Waals surface area contributed by atoms with Gasteiger partial charge in [0.05, 0.1) is 0 Å². The van der Waals surface area contributed by atoms with Gasteiger partial charge in [-0.1, -0.05) is 21.9 Å². The first kappa shape index (κ1) is 15.3. The largest absolute Gasteiger partial charge is 0.481 e. The second kappa shape index (κ2) is 7.65. The second-order valence-corrected chi connectivity index (χ2v) is 5.79. The molecule has 1 heterocycles. The molecule has 0 bridgehead atoms. The van der Waals surface area contributed by atoms with E-state index in [4.69, 9.17) is 11.2 Å². The molecule has 1 fully saturated rings. The molecule has 5 heteroatoms.